The van der Waals surface area contributed by atoms with Gasteiger partial charge in [-0.2, -0.15) is 0 Å². The highest BCUT2D eigenvalue weighted by molar-refractivity contribution is 5.84. The molecule has 1 aliphatic rings. The molecule has 0 aliphatic carbocycles. The zero-order valence-electron chi connectivity index (χ0n) is 13.7. The molecule has 116 valence electrons. The van der Waals surface area contributed by atoms with Crippen molar-refractivity contribution in [1.82, 2.24) is 0 Å². The molecular formula is C17H25NO3. The molecule has 0 radical (unpaired) electrons. The van der Waals surface area contributed by atoms with Crippen LogP contribution >= 0.6 is 0 Å². The minimum absolute atomic E-state index is 0.0110. The van der Waals surface area contributed by atoms with Gasteiger partial charge in [-0.25, -0.2) is 4.79 Å². The van der Waals surface area contributed by atoms with Gasteiger partial charge in [0.25, 0.3) is 0 Å². The quantitative estimate of drug-likeness (QED) is 0.907. The van der Waals surface area contributed by atoms with Crippen molar-refractivity contribution in [2.75, 3.05) is 11.4 Å². The molecular weight excluding hydrogens is 266 g/mol. The third kappa shape index (κ3) is 2.85. The van der Waals surface area contributed by atoms with Crippen molar-refractivity contribution in [3.8, 4) is 5.75 Å². The Balaban J connectivity index is 2.55. The van der Waals surface area contributed by atoms with Crippen LogP contribution in [0.15, 0.2) is 18.2 Å². The molecule has 0 amide bonds. The number of fused-ring (bicyclic) bond motifs is 1. The molecule has 1 aliphatic heterocycles. The maximum Gasteiger partial charge on any atom is 0.328 e. The topological polar surface area (TPSA) is 49.8 Å². The van der Waals surface area contributed by atoms with E-state index in [1.807, 2.05) is 17.9 Å². The molecule has 1 atom stereocenters. The van der Waals surface area contributed by atoms with E-state index in [-0.39, 0.29) is 11.5 Å². The number of hydrogen-bond acceptors (Lipinski definition) is 3. The Kier molecular flexibility index (Phi) is 3.68. The van der Waals surface area contributed by atoms with Crippen molar-refractivity contribution >= 4 is 11.7 Å². The lowest BCUT2D eigenvalue weighted by Gasteiger charge is -2.43. The van der Waals surface area contributed by atoms with Gasteiger partial charge in [0, 0.05) is 0 Å². The fraction of sp³-hybridized carbons (Fsp3) is 0.588. The third-order valence-electron chi connectivity index (χ3n) is 4.08. The smallest absolute Gasteiger partial charge is 0.328 e. The van der Waals surface area contributed by atoms with Crippen molar-refractivity contribution in [3.63, 3.8) is 0 Å². The van der Waals surface area contributed by atoms with Crippen LogP contribution in [0.1, 0.15) is 47.1 Å². The van der Waals surface area contributed by atoms with Crippen LogP contribution in [0.25, 0.3) is 0 Å². The van der Waals surface area contributed by atoms with Gasteiger partial charge in [0.2, 0.25) is 0 Å². The van der Waals surface area contributed by atoms with Crippen LogP contribution in [0.5, 0.6) is 5.75 Å². The minimum Gasteiger partial charge on any atom is -0.487 e. The second-order valence-electron chi connectivity index (χ2n) is 7.34. The Morgan fingerprint density at radius 3 is 2.43 bits per heavy atom. The first kappa shape index (κ1) is 15.7. The molecule has 0 aromatic heterocycles. The summed E-state index contributed by atoms with van der Waals surface area (Å²) in [6.45, 7) is 12.4. The van der Waals surface area contributed by atoms with Crippen LogP contribution in [0.2, 0.25) is 0 Å². The summed E-state index contributed by atoms with van der Waals surface area (Å²) in [7, 11) is 0. The van der Waals surface area contributed by atoms with Crippen molar-refractivity contribution < 1.29 is 14.6 Å². The lowest BCUT2D eigenvalue weighted by molar-refractivity contribution is -0.142. The molecule has 2 rings (SSSR count). The van der Waals surface area contributed by atoms with E-state index in [1.165, 1.54) is 5.56 Å². The zero-order valence-corrected chi connectivity index (χ0v) is 13.7. The second kappa shape index (κ2) is 4.93. The maximum absolute atomic E-state index is 11.6. The van der Waals surface area contributed by atoms with Crippen LogP contribution in [0.4, 0.5) is 5.69 Å². The van der Waals surface area contributed by atoms with Gasteiger partial charge >= 0.3 is 5.97 Å². The highest BCUT2D eigenvalue weighted by Gasteiger charge is 2.39. The molecule has 0 spiro atoms. The van der Waals surface area contributed by atoms with Crippen LogP contribution in [0.3, 0.4) is 0 Å². The fourth-order valence-electron chi connectivity index (χ4n) is 2.55. The van der Waals surface area contributed by atoms with E-state index in [9.17, 15) is 9.90 Å². The summed E-state index contributed by atoms with van der Waals surface area (Å²) < 4.78 is 5.87. The van der Waals surface area contributed by atoms with E-state index in [0.717, 1.165) is 11.4 Å². The third-order valence-corrected chi connectivity index (χ3v) is 4.08. The predicted molar refractivity (Wildman–Crippen MR) is 84.3 cm³/mol. The Labute approximate surface area is 126 Å². The highest BCUT2D eigenvalue weighted by atomic mass is 16.5. The summed E-state index contributed by atoms with van der Waals surface area (Å²) in [6.07, 6.45) is -0.0309. The van der Waals surface area contributed by atoms with Crippen molar-refractivity contribution in [3.05, 3.63) is 23.8 Å². The van der Waals surface area contributed by atoms with E-state index in [0.29, 0.717) is 6.54 Å². The van der Waals surface area contributed by atoms with E-state index in [2.05, 4.69) is 32.9 Å². The average Bonchev–Trinajstić information content (AvgIpc) is 2.35. The molecule has 1 N–H and O–H groups in total. The predicted octanol–water partition coefficient (Wildman–Crippen LogP) is 3.43. The van der Waals surface area contributed by atoms with Crippen molar-refractivity contribution in [2.45, 2.75) is 58.6 Å². The molecule has 1 heterocycles. The summed E-state index contributed by atoms with van der Waals surface area (Å²) in [5.41, 5.74) is 1.08. The van der Waals surface area contributed by atoms with Gasteiger partial charge in [0.05, 0.1) is 12.2 Å². The molecule has 0 saturated carbocycles. The minimum atomic E-state index is -0.969. The van der Waals surface area contributed by atoms with Gasteiger partial charge in [-0.1, -0.05) is 26.8 Å². The number of rotatable bonds is 2. The van der Waals surface area contributed by atoms with E-state index in [1.54, 1.807) is 13.8 Å². The molecule has 0 fully saturated rings. The lowest BCUT2D eigenvalue weighted by Crippen LogP contribution is -2.55. The number of carboxylic acids is 1. The van der Waals surface area contributed by atoms with Crippen molar-refractivity contribution in [1.29, 1.82) is 0 Å². The number of anilines is 1. The highest BCUT2D eigenvalue weighted by Crippen LogP contribution is 2.40. The van der Waals surface area contributed by atoms with E-state index < -0.39 is 11.5 Å². The van der Waals surface area contributed by atoms with Gasteiger partial charge in [0.1, 0.15) is 17.4 Å². The summed E-state index contributed by atoms with van der Waals surface area (Å²) in [5, 5.41) is 9.55. The summed E-state index contributed by atoms with van der Waals surface area (Å²) in [4.78, 5) is 13.6. The first-order valence-corrected chi connectivity index (χ1v) is 7.35. The number of carboxylic acid groups (broad SMARTS) is 1. The lowest BCUT2D eigenvalue weighted by atomic mass is 9.86. The van der Waals surface area contributed by atoms with Gasteiger partial charge < -0.3 is 14.7 Å². The number of carbonyl (C=O) groups is 1. The molecule has 0 saturated heterocycles. The van der Waals surface area contributed by atoms with E-state index in [4.69, 9.17) is 4.74 Å². The second-order valence-corrected chi connectivity index (χ2v) is 7.34. The van der Waals surface area contributed by atoms with Crippen LogP contribution in [0, 0.1) is 0 Å². The van der Waals surface area contributed by atoms with Crippen LogP contribution in [-0.4, -0.2) is 29.3 Å². The SMILES string of the molecule is CC1CN(C(C)(C)C(=O)O)c2cc(C(C)(C)C)ccc2O1. The Hall–Kier alpha value is -1.71. The molecule has 4 nitrogen and oxygen atoms in total. The number of nitrogens with zero attached hydrogens (tertiary/aromatic N) is 1. The Morgan fingerprint density at radius 2 is 1.90 bits per heavy atom. The van der Waals surface area contributed by atoms with Crippen LogP contribution in [-0.2, 0) is 10.2 Å². The number of aliphatic carboxylic acids is 1. The summed E-state index contributed by atoms with van der Waals surface area (Å²) in [5.74, 6) is -0.0696. The van der Waals surface area contributed by atoms with Gasteiger partial charge in [0.15, 0.2) is 0 Å². The molecule has 4 heteroatoms. The maximum atomic E-state index is 11.6. The van der Waals surface area contributed by atoms with Gasteiger partial charge in [-0.15, -0.1) is 0 Å². The standard InChI is InChI=1S/C17H25NO3/c1-11-10-18(17(5,6)15(19)20)13-9-12(16(2,3)4)7-8-14(13)21-11/h7-9,11H,10H2,1-6H3,(H,19,20). The normalized spacial score (nSPS) is 19.0. The monoisotopic (exact) mass is 291 g/mol. The molecule has 1 unspecified atom stereocenters. The summed E-state index contributed by atoms with van der Waals surface area (Å²) in [6, 6.07) is 6.07. The zero-order chi connectivity index (χ0) is 16.0. The van der Waals surface area contributed by atoms with Gasteiger partial charge in [-0.05, 0) is 43.9 Å². The Bertz CT molecular complexity index is 558. The first-order chi connectivity index (χ1) is 9.53. The first-order valence-electron chi connectivity index (χ1n) is 7.35. The number of benzene rings is 1. The molecule has 21 heavy (non-hydrogen) atoms. The fourth-order valence-corrected chi connectivity index (χ4v) is 2.55. The van der Waals surface area contributed by atoms with E-state index >= 15 is 0 Å². The molecule has 1 aromatic carbocycles. The largest absolute Gasteiger partial charge is 0.487 e. The Morgan fingerprint density at radius 1 is 1.29 bits per heavy atom. The number of ether oxygens (including phenoxy) is 1. The van der Waals surface area contributed by atoms with Gasteiger partial charge in [-0.3, -0.25) is 0 Å². The average molecular weight is 291 g/mol. The number of hydrogen-bond donors (Lipinski definition) is 1. The molecule has 0 bridgehead atoms. The summed E-state index contributed by atoms with van der Waals surface area (Å²) >= 11 is 0. The molecule has 1 aromatic rings. The van der Waals surface area contributed by atoms with Crippen LogP contribution < -0.4 is 9.64 Å². The van der Waals surface area contributed by atoms with Crippen molar-refractivity contribution in [2.24, 2.45) is 0 Å².